The van der Waals surface area contributed by atoms with Crippen LogP contribution in [0.15, 0.2) is 42.5 Å². The number of hydrogen-bond acceptors (Lipinski definition) is 4. The Labute approximate surface area is 171 Å². The fourth-order valence-corrected chi connectivity index (χ4v) is 3.64. The molecule has 3 rings (SSSR count). The zero-order valence-electron chi connectivity index (χ0n) is 16.7. The molecule has 1 heterocycles. The first-order valence-corrected chi connectivity index (χ1v) is 10.0. The summed E-state index contributed by atoms with van der Waals surface area (Å²) in [5, 5.41) is 0.732. The van der Waals surface area contributed by atoms with Crippen LogP contribution in [-0.2, 0) is 4.79 Å². The predicted molar refractivity (Wildman–Crippen MR) is 113 cm³/mol. The monoisotopic (exact) mass is 402 g/mol. The molecule has 0 spiro atoms. The molecule has 2 aromatic rings. The van der Waals surface area contributed by atoms with Gasteiger partial charge in [-0.3, -0.25) is 4.79 Å². The number of aryl methyl sites for hydroxylation is 1. The largest absolute Gasteiger partial charge is 0.493 e. The highest BCUT2D eigenvalue weighted by Gasteiger charge is 2.29. The van der Waals surface area contributed by atoms with Gasteiger partial charge in [0.1, 0.15) is 0 Å². The molecule has 6 heteroatoms. The van der Waals surface area contributed by atoms with Crippen molar-refractivity contribution >= 4 is 23.2 Å². The van der Waals surface area contributed by atoms with Crippen LogP contribution in [-0.4, -0.2) is 50.2 Å². The van der Waals surface area contributed by atoms with Crippen molar-refractivity contribution in [3.05, 3.63) is 53.1 Å². The van der Waals surface area contributed by atoms with Crippen LogP contribution in [0, 0.1) is 6.92 Å². The molecule has 1 fully saturated rings. The Morgan fingerprint density at radius 2 is 1.79 bits per heavy atom. The molecule has 0 aliphatic carbocycles. The maximum Gasteiger partial charge on any atom is 0.263 e. The number of rotatable bonds is 6. The van der Waals surface area contributed by atoms with Crippen LogP contribution in [0.1, 0.15) is 18.9 Å². The van der Waals surface area contributed by atoms with Gasteiger partial charge in [-0.2, -0.15) is 0 Å². The first-order chi connectivity index (χ1) is 13.5. The number of piperazine rings is 1. The van der Waals surface area contributed by atoms with E-state index in [-0.39, 0.29) is 5.91 Å². The summed E-state index contributed by atoms with van der Waals surface area (Å²) in [5.41, 5.74) is 2.33. The van der Waals surface area contributed by atoms with Crippen molar-refractivity contribution in [1.82, 2.24) is 4.90 Å². The smallest absolute Gasteiger partial charge is 0.263 e. The number of halogens is 1. The van der Waals surface area contributed by atoms with Crippen LogP contribution in [0.3, 0.4) is 0 Å². The Hall–Kier alpha value is -2.40. The van der Waals surface area contributed by atoms with Gasteiger partial charge in [0, 0.05) is 36.9 Å². The van der Waals surface area contributed by atoms with E-state index in [1.807, 2.05) is 54.3 Å². The van der Waals surface area contributed by atoms with Gasteiger partial charge in [-0.05, 0) is 43.2 Å². The minimum atomic E-state index is -0.518. The fraction of sp³-hybridized carbons (Fsp3) is 0.409. The van der Waals surface area contributed by atoms with Crippen molar-refractivity contribution < 1.29 is 14.3 Å². The Balaban J connectivity index is 1.64. The summed E-state index contributed by atoms with van der Waals surface area (Å²) >= 11 is 6.16. The molecule has 150 valence electrons. The standard InChI is InChI=1S/C22H27ClN2O3/c1-4-19(28-21-8-6-5-7-20(21)27-3)22(26)25-13-11-24(12-14-25)18-15-17(23)10-9-16(18)2/h5-10,15,19H,4,11-14H2,1-3H3/t19-/m0/s1. The zero-order valence-corrected chi connectivity index (χ0v) is 17.4. The van der Waals surface area contributed by atoms with Crippen LogP contribution < -0.4 is 14.4 Å². The first kappa shape index (κ1) is 20.3. The molecule has 28 heavy (non-hydrogen) atoms. The van der Waals surface area contributed by atoms with Gasteiger partial charge in [0.2, 0.25) is 0 Å². The van der Waals surface area contributed by atoms with Crippen molar-refractivity contribution in [1.29, 1.82) is 0 Å². The Morgan fingerprint density at radius 1 is 1.11 bits per heavy atom. The number of methoxy groups -OCH3 is 1. The number of amides is 1. The number of nitrogens with zero attached hydrogens (tertiary/aromatic N) is 2. The second-order valence-corrected chi connectivity index (χ2v) is 7.35. The summed E-state index contributed by atoms with van der Waals surface area (Å²) in [5.74, 6) is 1.25. The average Bonchev–Trinajstić information content (AvgIpc) is 2.73. The van der Waals surface area contributed by atoms with Crippen molar-refractivity contribution in [2.45, 2.75) is 26.4 Å². The van der Waals surface area contributed by atoms with Crippen molar-refractivity contribution in [3.8, 4) is 11.5 Å². The molecular formula is C22H27ClN2O3. The predicted octanol–water partition coefficient (Wildman–Crippen LogP) is 4.16. The fourth-order valence-electron chi connectivity index (χ4n) is 3.47. The maximum atomic E-state index is 13.0. The normalized spacial score (nSPS) is 15.3. The molecule has 1 amide bonds. The molecule has 1 aliphatic rings. The van der Waals surface area contributed by atoms with E-state index in [1.165, 1.54) is 5.56 Å². The zero-order chi connectivity index (χ0) is 20.1. The highest BCUT2D eigenvalue weighted by Crippen LogP contribution is 2.28. The highest BCUT2D eigenvalue weighted by atomic mass is 35.5. The summed E-state index contributed by atoms with van der Waals surface area (Å²) in [6.45, 7) is 6.92. The number of carbonyl (C=O) groups excluding carboxylic acids is 1. The van der Waals surface area contributed by atoms with Gasteiger partial charge in [0.15, 0.2) is 17.6 Å². The number of anilines is 1. The van der Waals surface area contributed by atoms with E-state index in [1.54, 1.807) is 7.11 Å². The lowest BCUT2D eigenvalue weighted by atomic mass is 10.1. The Bertz CT molecular complexity index is 819. The number of para-hydroxylation sites is 2. The third-order valence-electron chi connectivity index (χ3n) is 5.09. The third-order valence-corrected chi connectivity index (χ3v) is 5.32. The molecule has 0 saturated carbocycles. The minimum Gasteiger partial charge on any atom is -0.493 e. The van der Waals surface area contributed by atoms with Crippen LogP contribution in [0.25, 0.3) is 0 Å². The topological polar surface area (TPSA) is 42.0 Å². The molecule has 2 aromatic carbocycles. The number of carbonyl (C=O) groups is 1. The van der Waals surface area contributed by atoms with Gasteiger partial charge in [0.05, 0.1) is 7.11 Å². The van der Waals surface area contributed by atoms with Gasteiger partial charge < -0.3 is 19.3 Å². The van der Waals surface area contributed by atoms with Crippen LogP contribution >= 0.6 is 11.6 Å². The average molecular weight is 403 g/mol. The second kappa shape index (κ2) is 9.20. The SMILES string of the molecule is CC[C@H](Oc1ccccc1OC)C(=O)N1CCN(c2cc(Cl)ccc2C)CC1. The van der Waals surface area contributed by atoms with Crippen LogP contribution in [0.4, 0.5) is 5.69 Å². The van der Waals surface area contributed by atoms with Crippen molar-refractivity contribution in [2.24, 2.45) is 0 Å². The van der Waals surface area contributed by atoms with E-state index in [2.05, 4.69) is 11.8 Å². The molecule has 1 saturated heterocycles. The molecule has 1 atom stereocenters. The highest BCUT2D eigenvalue weighted by molar-refractivity contribution is 6.30. The van der Waals surface area contributed by atoms with E-state index >= 15 is 0 Å². The Kier molecular flexibility index (Phi) is 6.68. The maximum absolute atomic E-state index is 13.0. The molecule has 0 N–H and O–H groups in total. The summed E-state index contributed by atoms with van der Waals surface area (Å²) in [7, 11) is 1.60. The second-order valence-electron chi connectivity index (χ2n) is 6.91. The molecule has 0 radical (unpaired) electrons. The molecule has 0 bridgehead atoms. The number of ether oxygens (including phenoxy) is 2. The lowest BCUT2D eigenvalue weighted by Gasteiger charge is -2.38. The number of benzene rings is 2. The first-order valence-electron chi connectivity index (χ1n) is 9.63. The van der Waals surface area contributed by atoms with Gasteiger partial charge in [-0.25, -0.2) is 0 Å². The molecule has 1 aliphatic heterocycles. The Morgan fingerprint density at radius 3 is 2.43 bits per heavy atom. The lowest BCUT2D eigenvalue weighted by Crippen LogP contribution is -2.52. The molecule has 0 aromatic heterocycles. The van der Waals surface area contributed by atoms with E-state index < -0.39 is 6.10 Å². The van der Waals surface area contributed by atoms with Crippen molar-refractivity contribution in [2.75, 3.05) is 38.2 Å². The lowest BCUT2D eigenvalue weighted by molar-refractivity contribution is -0.139. The van der Waals surface area contributed by atoms with Crippen LogP contribution in [0.2, 0.25) is 5.02 Å². The quantitative estimate of drug-likeness (QED) is 0.727. The van der Waals surface area contributed by atoms with Crippen LogP contribution in [0.5, 0.6) is 11.5 Å². The van der Waals surface area contributed by atoms with Gasteiger partial charge in [-0.1, -0.05) is 36.7 Å². The van der Waals surface area contributed by atoms with E-state index in [9.17, 15) is 4.79 Å². The van der Waals surface area contributed by atoms with Gasteiger partial charge in [0.25, 0.3) is 5.91 Å². The number of hydrogen-bond donors (Lipinski definition) is 0. The molecule has 0 unspecified atom stereocenters. The minimum absolute atomic E-state index is 0.0240. The van der Waals surface area contributed by atoms with Gasteiger partial charge in [-0.15, -0.1) is 0 Å². The van der Waals surface area contributed by atoms with Gasteiger partial charge >= 0.3 is 0 Å². The molecule has 5 nitrogen and oxygen atoms in total. The van der Waals surface area contributed by atoms with Crippen molar-refractivity contribution in [3.63, 3.8) is 0 Å². The summed E-state index contributed by atoms with van der Waals surface area (Å²) in [4.78, 5) is 17.2. The molecular weight excluding hydrogens is 376 g/mol. The van der Waals surface area contributed by atoms with E-state index in [0.717, 1.165) is 23.8 Å². The summed E-state index contributed by atoms with van der Waals surface area (Å²) in [6, 6.07) is 13.3. The summed E-state index contributed by atoms with van der Waals surface area (Å²) < 4.78 is 11.3. The van der Waals surface area contributed by atoms with E-state index in [4.69, 9.17) is 21.1 Å². The summed E-state index contributed by atoms with van der Waals surface area (Å²) in [6.07, 6.45) is 0.0839. The third kappa shape index (κ3) is 4.53. The van der Waals surface area contributed by atoms with E-state index in [0.29, 0.717) is 31.0 Å².